The third-order valence-corrected chi connectivity index (χ3v) is 8.80. The summed E-state index contributed by atoms with van der Waals surface area (Å²) in [6.45, 7) is 5.78. The molecule has 2 aromatic carbocycles. The fraction of sp³-hybridized carbons (Fsp3) is 0.567. The Kier molecular flexibility index (Phi) is 7.36. The van der Waals surface area contributed by atoms with Crippen LogP contribution in [0.3, 0.4) is 0 Å². The summed E-state index contributed by atoms with van der Waals surface area (Å²) in [5, 5.41) is 0. The van der Waals surface area contributed by atoms with Crippen LogP contribution in [0.5, 0.6) is 0 Å². The molecule has 6 rings (SSSR count). The van der Waals surface area contributed by atoms with Crippen molar-refractivity contribution in [2.45, 2.75) is 69.5 Å². The number of esters is 1. The van der Waals surface area contributed by atoms with Crippen LogP contribution >= 0.6 is 0 Å². The van der Waals surface area contributed by atoms with Crippen LogP contribution in [0.2, 0.25) is 0 Å². The molecule has 1 aliphatic carbocycles. The van der Waals surface area contributed by atoms with Gasteiger partial charge in [-0.05, 0) is 24.0 Å². The molecule has 0 unspecified atom stereocenters. The number of rotatable bonds is 8. The summed E-state index contributed by atoms with van der Waals surface area (Å²) in [4.78, 5) is 13.9. The minimum Gasteiger partial charge on any atom is -0.455 e. The second-order valence-electron chi connectivity index (χ2n) is 10.9. The predicted octanol–water partition coefficient (Wildman–Crippen LogP) is 5.65. The third kappa shape index (κ3) is 5.08. The number of carbonyl (C=O) groups is 1. The van der Waals surface area contributed by atoms with E-state index in [1.54, 1.807) is 0 Å². The van der Waals surface area contributed by atoms with Gasteiger partial charge in [0.25, 0.3) is 0 Å². The highest BCUT2D eigenvalue weighted by molar-refractivity contribution is 5.83. The van der Waals surface area contributed by atoms with Crippen LogP contribution in [0.1, 0.15) is 62.5 Å². The minimum absolute atomic E-state index is 0.0397. The van der Waals surface area contributed by atoms with Crippen molar-refractivity contribution in [3.8, 4) is 0 Å². The van der Waals surface area contributed by atoms with E-state index < -0.39 is 5.41 Å². The Morgan fingerprint density at radius 1 is 0.882 bits per heavy atom. The van der Waals surface area contributed by atoms with Gasteiger partial charge in [-0.15, -0.1) is 0 Å². The highest BCUT2D eigenvalue weighted by Gasteiger charge is 2.50. The molecule has 0 spiro atoms. The average Bonchev–Trinajstić information content (AvgIpc) is 3.16. The lowest BCUT2D eigenvalue weighted by molar-refractivity contribution is -0.946. The second kappa shape index (κ2) is 10.6. The first-order chi connectivity index (χ1) is 16.7. The van der Waals surface area contributed by atoms with E-state index in [1.165, 1.54) is 31.5 Å². The molecule has 0 aromatic heterocycles. The van der Waals surface area contributed by atoms with Crippen molar-refractivity contribution in [3.63, 3.8) is 0 Å². The van der Waals surface area contributed by atoms with Crippen LogP contribution in [0.15, 0.2) is 60.7 Å². The lowest BCUT2D eigenvalue weighted by atomic mass is 9.74. The zero-order valence-electron chi connectivity index (χ0n) is 20.5. The number of ether oxygens (including phenoxy) is 2. The van der Waals surface area contributed by atoms with Crippen molar-refractivity contribution in [2.24, 2.45) is 5.92 Å². The number of quaternary nitrogens is 1. The molecule has 1 saturated carbocycles. The van der Waals surface area contributed by atoms with E-state index in [4.69, 9.17) is 9.47 Å². The van der Waals surface area contributed by atoms with E-state index in [0.717, 1.165) is 68.3 Å². The molecule has 3 aliphatic heterocycles. The summed E-state index contributed by atoms with van der Waals surface area (Å²) in [5.41, 5.74) is 1.91. The third-order valence-electron chi connectivity index (χ3n) is 8.80. The second-order valence-corrected chi connectivity index (χ2v) is 10.9. The van der Waals surface area contributed by atoms with Crippen molar-refractivity contribution < 1.29 is 18.8 Å². The van der Waals surface area contributed by atoms with Crippen LogP contribution in [-0.2, 0) is 26.3 Å². The molecule has 0 N–H and O–H groups in total. The van der Waals surface area contributed by atoms with Gasteiger partial charge in [0.1, 0.15) is 13.1 Å². The lowest BCUT2D eigenvalue weighted by Crippen LogP contribution is -2.65. The fourth-order valence-corrected chi connectivity index (χ4v) is 6.64. The van der Waals surface area contributed by atoms with Crippen LogP contribution in [0.4, 0.5) is 0 Å². The largest absolute Gasteiger partial charge is 0.455 e. The van der Waals surface area contributed by atoms with Crippen LogP contribution in [-0.4, -0.2) is 49.3 Å². The maximum absolute atomic E-state index is 13.9. The summed E-state index contributed by atoms with van der Waals surface area (Å²) in [7, 11) is 0. The summed E-state index contributed by atoms with van der Waals surface area (Å²) in [6.07, 6.45) is 8.86. The van der Waals surface area contributed by atoms with Crippen molar-refractivity contribution in [1.82, 2.24) is 0 Å². The van der Waals surface area contributed by atoms with Crippen molar-refractivity contribution >= 4 is 5.97 Å². The summed E-state index contributed by atoms with van der Waals surface area (Å²) < 4.78 is 13.6. The van der Waals surface area contributed by atoms with Gasteiger partial charge in [-0.3, -0.25) is 4.79 Å². The molecule has 1 atom stereocenters. The smallest absolute Gasteiger partial charge is 0.317 e. The van der Waals surface area contributed by atoms with Crippen molar-refractivity contribution in [3.05, 3.63) is 71.8 Å². The first-order valence-corrected chi connectivity index (χ1v) is 13.4. The van der Waals surface area contributed by atoms with Gasteiger partial charge in [-0.2, -0.15) is 0 Å². The van der Waals surface area contributed by atoms with Gasteiger partial charge >= 0.3 is 5.97 Å². The molecule has 3 saturated heterocycles. The average molecular weight is 463 g/mol. The van der Waals surface area contributed by atoms with E-state index in [0.29, 0.717) is 12.5 Å². The molecule has 4 aliphatic rings. The minimum atomic E-state index is -0.465. The highest BCUT2D eigenvalue weighted by atomic mass is 16.5. The van der Waals surface area contributed by atoms with E-state index >= 15 is 0 Å². The number of hydrogen-bond donors (Lipinski definition) is 0. The van der Waals surface area contributed by atoms with E-state index in [2.05, 4.69) is 48.5 Å². The zero-order valence-corrected chi connectivity index (χ0v) is 20.5. The van der Waals surface area contributed by atoms with Gasteiger partial charge in [0.05, 0.1) is 31.7 Å². The molecule has 4 fully saturated rings. The molecule has 0 amide bonds. The predicted molar refractivity (Wildman–Crippen MR) is 134 cm³/mol. The summed E-state index contributed by atoms with van der Waals surface area (Å²) in [6, 6.07) is 20.9. The van der Waals surface area contributed by atoms with Gasteiger partial charge in [-0.25, -0.2) is 0 Å². The van der Waals surface area contributed by atoms with Crippen LogP contribution < -0.4 is 0 Å². The summed E-state index contributed by atoms with van der Waals surface area (Å²) >= 11 is 0. The van der Waals surface area contributed by atoms with Crippen LogP contribution in [0, 0.1) is 5.92 Å². The number of piperidine rings is 3. The Balaban J connectivity index is 1.23. The fourth-order valence-electron chi connectivity index (χ4n) is 6.64. The van der Waals surface area contributed by atoms with Crippen molar-refractivity contribution in [2.75, 3.05) is 32.8 Å². The normalized spacial score (nSPS) is 28.2. The van der Waals surface area contributed by atoms with Gasteiger partial charge in [0.2, 0.25) is 0 Å². The Morgan fingerprint density at radius 3 is 2.21 bits per heavy atom. The molecule has 182 valence electrons. The molecule has 0 radical (unpaired) electrons. The molecule has 34 heavy (non-hydrogen) atoms. The van der Waals surface area contributed by atoms with E-state index in [1.807, 2.05) is 12.1 Å². The molecule has 2 bridgehead atoms. The quantitative estimate of drug-likeness (QED) is 0.220. The van der Waals surface area contributed by atoms with Gasteiger partial charge in [-0.1, -0.05) is 86.3 Å². The summed E-state index contributed by atoms with van der Waals surface area (Å²) in [5.74, 6) is 0.561. The first-order valence-electron chi connectivity index (χ1n) is 13.4. The van der Waals surface area contributed by atoms with Crippen LogP contribution in [0.25, 0.3) is 0 Å². The topological polar surface area (TPSA) is 35.5 Å². The molecule has 4 nitrogen and oxygen atoms in total. The maximum Gasteiger partial charge on any atom is 0.317 e. The van der Waals surface area contributed by atoms with Gasteiger partial charge in [0.15, 0.2) is 6.10 Å². The van der Waals surface area contributed by atoms with Crippen molar-refractivity contribution in [1.29, 1.82) is 0 Å². The zero-order chi connectivity index (χ0) is 23.3. The lowest BCUT2D eigenvalue weighted by Gasteiger charge is -2.52. The standard InChI is InChI=1S/C30H40NO3/c32-29(30(17-9-1-2-10-18-30)27-13-7-4-8-14-27)34-28-23-31(19-15-26(28)16-20-31)21-22-33-24-25-11-5-3-6-12-25/h3-8,11-14,26,28H,1-2,9-10,15-24H2/q+1/t26?,28-,31?/m0/s1. The molecule has 4 heteroatoms. The number of nitrogens with zero attached hydrogens (tertiary/aromatic N) is 1. The SMILES string of the molecule is O=C(O[C@H]1C[N+]2(CCOCc3ccccc3)CCC1CC2)C1(c2ccccc2)CCCCCC1. The van der Waals surface area contributed by atoms with Gasteiger partial charge in [0, 0.05) is 18.8 Å². The molecule has 2 aromatic rings. The maximum atomic E-state index is 13.9. The number of carbonyl (C=O) groups excluding carboxylic acids is 1. The van der Waals surface area contributed by atoms with Gasteiger partial charge < -0.3 is 14.0 Å². The first kappa shape index (κ1) is 23.6. The number of benzene rings is 2. The monoisotopic (exact) mass is 462 g/mol. The number of hydrogen-bond acceptors (Lipinski definition) is 3. The Bertz CT molecular complexity index is 913. The molecular weight excluding hydrogens is 422 g/mol. The van der Waals surface area contributed by atoms with E-state index in [9.17, 15) is 4.79 Å². The Hall–Kier alpha value is -2.17. The Morgan fingerprint density at radius 2 is 1.53 bits per heavy atom. The Labute approximate surface area is 204 Å². The highest BCUT2D eigenvalue weighted by Crippen LogP contribution is 2.42. The molecular formula is C30H40NO3+. The number of fused-ring (bicyclic) bond motifs is 3. The van der Waals surface area contributed by atoms with E-state index in [-0.39, 0.29) is 12.1 Å². The molecule has 3 heterocycles.